The van der Waals surface area contributed by atoms with Gasteiger partial charge in [0.05, 0.1) is 11.8 Å². The summed E-state index contributed by atoms with van der Waals surface area (Å²) < 4.78 is 10.9. The number of benzene rings is 3. The number of hydrazone groups is 1. The number of ether oxygens (including phenoxy) is 2. The molecule has 0 fully saturated rings. The van der Waals surface area contributed by atoms with E-state index >= 15 is 0 Å². The minimum absolute atomic E-state index is 0.148. The molecule has 0 unspecified atom stereocenters. The minimum Gasteiger partial charge on any atom is -0.484 e. The second kappa shape index (κ2) is 12.4. The van der Waals surface area contributed by atoms with Gasteiger partial charge in [-0.2, -0.15) is 5.10 Å². The lowest BCUT2D eigenvalue weighted by Crippen LogP contribution is -2.24. The molecule has 0 atom stereocenters. The first-order chi connectivity index (χ1) is 16.0. The number of esters is 1. The van der Waals surface area contributed by atoms with Gasteiger partial charge in [-0.3, -0.25) is 4.79 Å². The van der Waals surface area contributed by atoms with E-state index in [1.807, 2.05) is 24.3 Å². The van der Waals surface area contributed by atoms with Crippen molar-refractivity contribution in [1.29, 1.82) is 0 Å². The number of amides is 1. The molecule has 0 spiro atoms. The Morgan fingerprint density at radius 1 is 1.00 bits per heavy atom. The van der Waals surface area contributed by atoms with Crippen LogP contribution in [0.4, 0.5) is 0 Å². The van der Waals surface area contributed by atoms with E-state index in [1.54, 1.807) is 48.5 Å². The Balaban J connectivity index is 1.46. The number of aryl methyl sites for hydroxylation is 1. The molecule has 33 heavy (non-hydrogen) atoms. The molecule has 1 N–H and O–H groups in total. The number of nitrogens with one attached hydrogen (secondary N) is 1. The van der Waals surface area contributed by atoms with Crippen LogP contribution in [0.5, 0.6) is 11.5 Å². The van der Waals surface area contributed by atoms with Crippen LogP contribution in [-0.4, -0.2) is 24.7 Å². The van der Waals surface area contributed by atoms with E-state index < -0.39 is 5.97 Å². The molecule has 170 valence electrons. The number of hydrogen-bond donors (Lipinski definition) is 1. The van der Waals surface area contributed by atoms with Crippen molar-refractivity contribution in [2.24, 2.45) is 5.10 Å². The summed E-state index contributed by atoms with van der Waals surface area (Å²) >= 11 is 5.84. The molecular formula is C26H25ClN2O4. The van der Waals surface area contributed by atoms with Gasteiger partial charge in [-0.05, 0) is 72.5 Å². The third kappa shape index (κ3) is 8.09. The van der Waals surface area contributed by atoms with Crippen LogP contribution in [0.2, 0.25) is 5.02 Å². The summed E-state index contributed by atoms with van der Waals surface area (Å²) in [6.45, 7) is 2.01. The Morgan fingerprint density at radius 3 is 2.48 bits per heavy atom. The summed E-state index contributed by atoms with van der Waals surface area (Å²) in [6, 6.07) is 21.0. The fourth-order valence-electron chi connectivity index (χ4n) is 2.90. The number of hydrogen-bond acceptors (Lipinski definition) is 5. The number of carbonyl (C=O) groups is 2. The van der Waals surface area contributed by atoms with Crippen LogP contribution in [0.15, 0.2) is 77.9 Å². The van der Waals surface area contributed by atoms with Crippen LogP contribution in [-0.2, 0) is 11.2 Å². The van der Waals surface area contributed by atoms with Crippen LogP contribution < -0.4 is 14.9 Å². The van der Waals surface area contributed by atoms with Gasteiger partial charge in [0.2, 0.25) is 0 Å². The Bertz CT molecular complexity index is 1100. The van der Waals surface area contributed by atoms with Gasteiger partial charge in [-0.15, -0.1) is 0 Å². The molecule has 0 saturated carbocycles. The number of halogens is 1. The maximum Gasteiger partial charge on any atom is 0.343 e. The number of rotatable bonds is 10. The Labute approximate surface area is 198 Å². The van der Waals surface area contributed by atoms with Crippen molar-refractivity contribution in [3.8, 4) is 11.5 Å². The Kier molecular flexibility index (Phi) is 9.03. The fraction of sp³-hybridized carbons (Fsp3) is 0.192. The maximum atomic E-state index is 12.2. The molecular weight excluding hydrogens is 440 g/mol. The van der Waals surface area contributed by atoms with Crippen molar-refractivity contribution < 1.29 is 19.1 Å². The molecule has 0 aliphatic rings. The number of nitrogens with zero attached hydrogens (tertiary/aromatic N) is 1. The lowest BCUT2D eigenvalue weighted by Gasteiger charge is -2.06. The van der Waals surface area contributed by atoms with Gasteiger partial charge in [-0.1, -0.05) is 49.2 Å². The molecule has 0 bridgehead atoms. The van der Waals surface area contributed by atoms with Crippen molar-refractivity contribution in [1.82, 2.24) is 5.43 Å². The second-order valence-corrected chi connectivity index (χ2v) is 7.73. The zero-order chi connectivity index (χ0) is 23.5. The van der Waals surface area contributed by atoms with E-state index in [4.69, 9.17) is 21.1 Å². The van der Waals surface area contributed by atoms with Crippen LogP contribution in [0.3, 0.4) is 0 Å². The molecule has 6 nitrogen and oxygen atoms in total. The van der Waals surface area contributed by atoms with Gasteiger partial charge in [0, 0.05) is 5.02 Å². The second-order valence-electron chi connectivity index (χ2n) is 7.30. The molecule has 0 heterocycles. The molecule has 0 radical (unpaired) electrons. The predicted molar refractivity (Wildman–Crippen MR) is 129 cm³/mol. The first kappa shape index (κ1) is 24.0. The minimum atomic E-state index is -0.496. The summed E-state index contributed by atoms with van der Waals surface area (Å²) in [5, 5.41) is 4.47. The van der Waals surface area contributed by atoms with Gasteiger partial charge in [0.25, 0.3) is 5.91 Å². The lowest BCUT2D eigenvalue weighted by molar-refractivity contribution is -0.123. The van der Waals surface area contributed by atoms with Crippen molar-refractivity contribution >= 4 is 29.7 Å². The highest BCUT2D eigenvalue weighted by atomic mass is 35.5. The van der Waals surface area contributed by atoms with Gasteiger partial charge in [-0.25, -0.2) is 10.2 Å². The van der Waals surface area contributed by atoms with Crippen LogP contribution in [0.1, 0.15) is 41.3 Å². The van der Waals surface area contributed by atoms with E-state index in [9.17, 15) is 9.59 Å². The first-order valence-corrected chi connectivity index (χ1v) is 11.0. The average molecular weight is 465 g/mol. The highest BCUT2D eigenvalue weighted by Gasteiger charge is 2.08. The zero-order valence-corrected chi connectivity index (χ0v) is 19.0. The van der Waals surface area contributed by atoms with E-state index in [1.165, 1.54) is 11.8 Å². The monoisotopic (exact) mass is 464 g/mol. The summed E-state index contributed by atoms with van der Waals surface area (Å²) in [4.78, 5) is 24.2. The van der Waals surface area contributed by atoms with Crippen molar-refractivity contribution in [3.05, 3.63) is 94.5 Å². The standard InChI is InChI=1S/C26H25ClN2O4/c1-2-3-5-19-8-14-23(15-9-19)32-18-25(30)29-28-17-20-6-4-7-24(16-20)33-26(31)21-10-12-22(27)13-11-21/h4,6-17H,2-3,5,18H2,1H3,(H,29,30)/b28-17-. The molecule has 0 aliphatic carbocycles. The molecule has 3 rings (SSSR count). The van der Waals surface area contributed by atoms with E-state index in [2.05, 4.69) is 17.5 Å². The third-order valence-electron chi connectivity index (χ3n) is 4.66. The SMILES string of the molecule is CCCCc1ccc(OCC(=O)N/N=C\c2cccc(OC(=O)c3ccc(Cl)cc3)c2)cc1. The van der Waals surface area contributed by atoms with Crippen molar-refractivity contribution in [3.63, 3.8) is 0 Å². The molecule has 0 aromatic heterocycles. The normalized spacial score (nSPS) is 10.7. The molecule has 3 aromatic carbocycles. The van der Waals surface area contributed by atoms with Crippen LogP contribution >= 0.6 is 11.6 Å². The van der Waals surface area contributed by atoms with Crippen molar-refractivity contribution in [2.45, 2.75) is 26.2 Å². The zero-order valence-electron chi connectivity index (χ0n) is 18.3. The summed E-state index contributed by atoms with van der Waals surface area (Å²) in [5.41, 5.74) is 4.71. The molecule has 0 saturated heterocycles. The Hall–Kier alpha value is -3.64. The molecule has 7 heteroatoms. The number of unbranched alkanes of at least 4 members (excludes halogenated alkanes) is 1. The summed E-state index contributed by atoms with van der Waals surface area (Å²) in [6.07, 6.45) is 4.79. The quantitative estimate of drug-likeness (QED) is 0.188. The average Bonchev–Trinajstić information content (AvgIpc) is 2.83. The highest BCUT2D eigenvalue weighted by Crippen LogP contribution is 2.16. The van der Waals surface area contributed by atoms with Gasteiger partial charge < -0.3 is 9.47 Å². The maximum absolute atomic E-state index is 12.2. The molecule has 0 aliphatic heterocycles. The van der Waals surface area contributed by atoms with Crippen LogP contribution in [0, 0.1) is 0 Å². The van der Waals surface area contributed by atoms with Crippen molar-refractivity contribution in [2.75, 3.05) is 6.61 Å². The highest BCUT2D eigenvalue weighted by molar-refractivity contribution is 6.30. The predicted octanol–water partition coefficient (Wildman–Crippen LogP) is 5.43. The molecule has 1 amide bonds. The largest absolute Gasteiger partial charge is 0.484 e. The summed E-state index contributed by atoms with van der Waals surface area (Å²) in [7, 11) is 0. The van der Waals surface area contributed by atoms with Gasteiger partial charge >= 0.3 is 5.97 Å². The molecule has 3 aromatic rings. The number of carbonyl (C=O) groups excluding carboxylic acids is 2. The fourth-order valence-corrected chi connectivity index (χ4v) is 3.03. The van der Waals surface area contributed by atoms with Gasteiger partial charge in [0.15, 0.2) is 6.61 Å². The topological polar surface area (TPSA) is 77.0 Å². The third-order valence-corrected chi connectivity index (χ3v) is 4.92. The Morgan fingerprint density at radius 2 is 1.76 bits per heavy atom. The van der Waals surface area contributed by atoms with E-state index in [0.29, 0.717) is 27.6 Å². The van der Waals surface area contributed by atoms with Crippen LogP contribution in [0.25, 0.3) is 0 Å². The first-order valence-electron chi connectivity index (χ1n) is 10.6. The van der Waals surface area contributed by atoms with Gasteiger partial charge in [0.1, 0.15) is 11.5 Å². The summed E-state index contributed by atoms with van der Waals surface area (Å²) in [5.74, 6) is 0.108. The van der Waals surface area contributed by atoms with E-state index in [0.717, 1.165) is 19.3 Å². The smallest absolute Gasteiger partial charge is 0.343 e. The van der Waals surface area contributed by atoms with E-state index in [-0.39, 0.29) is 12.5 Å². The lowest BCUT2D eigenvalue weighted by atomic mass is 10.1.